The quantitative estimate of drug-likeness (QED) is 0.449. The van der Waals surface area contributed by atoms with Crippen LogP contribution in [-0.2, 0) is 9.59 Å². The van der Waals surface area contributed by atoms with Gasteiger partial charge in [-0.2, -0.15) is 0 Å². The average molecular weight is 411 g/mol. The number of hydrogen-bond acceptors (Lipinski definition) is 4. The predicted octanol–water partition coefficient (Wildman–Crippen LogP) is 4.74. The summed E-state index contributed by atoms with van der Waals surface area (Å²) >= 11 is 0. The molecule has 0 saturated carbocycles. The summed E-state index contributed by atoms with van der Waals surface area (Å²) in [7, 11) is 3.19. The molecule has 3 aromatic carbocycles. The normalized spacial score (nSPS) is 16.3. The number of anilines is 1. The number of imide groups is 1. The Morgan fingerprint density at radius 2 is 1.03 bits per heavy atom. The second kappa shape index (κ2) is 8.71. The summed E-state index contributed by atoms with van der Waals surface area (Å²) in [6.07, 6.45) is 3.47. The van der Waals surface area contributed by atoms with Crippen molar-refractivity contribution in [3.63, 3.8) is 0 Å². The van der Waals surface area contributed by atoms with E-state index < -0.39 is 0 Å². The van der Waals surface area contributed by atoms with Crippen LogP contribution in [0.4, 0.5) is 5.69 Å². The molecule has 1 aliphatic rings. The first kappa shape index (κ1) is 20.2. The van der Waals surface area contributed by atoms with Crippen molar-refractivity contribution in [1.82, 2.24) is 0 Å². The van der Waals surface area contributed by atoms with Gasteiger partial charge in [0, 0.05) is 0 Å². The Morgan fingerprint density at radius 1 is 0.613 bits per heavy atom. The standard InChI is InChI=1S/C26H21NO4/c1-30-21-12-8-18(9-13-21)16-23-24(17-19-10-14-22(31-2)15-11-19)26(29)27(25(23)28)20-6-4-3-5-7-20/h3-17H,1-2H3/b23-16+,24-17+. The molecule has 1 saturated heterocycles. The maximum absolute atomic E-state index is 13.3. The number of nitrogens with zero attached hydrogens (tertiary/aromatic N) is 1. The molecule has 0 spiro atoms. The second-order valence-electron chi connectivity index (χ2n) is 6.94. The van der Waals surface area contributed by atoms with Gasteiger partial charge in [0.1, 0.15) is 11.5 Å². The van der Waals surface area contributed by atoms with Crippen LogP contribution in [0.2, 0.25) is 0 Å². The van der Waals surface area contributed by atoms with Crippen molar-refractivity contribution in [3.05, 3.63) is 101 Å². The number of carbonyl (C=O) groups excluding carboxylic acids is 2. The lowest BCUT2D eigenvalue weighted by Gasteiger charge is -2.12. The van der Waals surface area contributed by atoms with Gasteiger partial charge in [-0.3, -0.25) is 9.59 Å². The van der Waals surface area contributed by atoms with Gasteiger partial charge in [0.05, 0.1) is 31.1 Å². The maximum Gasteiger partial charge on any atom is 0.266 e. The van der Waals surface area contributed by atoms with E-state index in [0.29, 0.717) is 16.8 Å². The Hall–Kier alpha value is -4.12. The Balaban J connectivity index is 1.80. The van der Waals surface area contributed by atoms with E-state index in [1.165, 1.54) is 4.90 Å². The SMILES string of the molecule is COc1ccc(/C=C2/C(=O)N(c3ccccc3)C(=O)/C2=C/c2ccc(OC)cc2)cc1. The first-order valence-electron chi connectivity index (χ1n) is 9.76. The Morgan fingerprint density at radius 3 is 1.42 bits per heavy atom. The minimum atomic E-state index is -0.355. The van der Waals surface area contributed by atoms with Crippen LogP contribution in [0.3, 0.4) is 0 Å². The molecule has 2 amide bonds. The van der Waals surface area contributed by atoms with Crippen molar-refractivity contribution in [3.8, 4) is 11.5 Å². The van der Waals surface area contributed by atoms with E-state index in [4.69, 9.17) is 9.47 Å². The Bertz CT molecular complexity index is 1080. The molecule has 0 bridgehead atoms. The van der Waals surface area contributed by atoms with E-state index in [-0.39, 0.29) is 11.8 Å². The Kier molecular flexibility index (Phi) is 5.67. The van der Waals surface area contributed by atoms with Crippen LogP contribution in [0.15, 0.2) is 90.0 Å². The lowest BCUT2D eigenvalue weighted by atomic mass is 10.0. The molecule has 0 radical (unpaired) electrons. The lowest BCUT2D eigenvalue weighted by molar-refractivity contribution is -0.119. The third-order valence-corrected chi connectivity index (χ3v) is 5.03. The number of rotatable bonds is 5. The topological polar surface area (TPSA) is 55.8 Å². The van der Waals surface area contributed by atoms with Crippen molar-refractivity contribution in [2.75, 3.05) is 19.1 Å². The number of methoxy groups -OCH3 is 2. The van der Waals surface area contributed by atoms with E-state index in [2.05, 4.69) is 0 Å². The van der Waals surface area contributed by atoms with Gasteiger partial charge < -0.3 is 9.47 Å². The molecule has 1 fully saturated rings. The van der Waals surface area contributed by atoms with Crippen molar-refractivity contribution in [2.45, 2.75) is 0 Å². The highest BCUT2D eigenvalue weighted by Gasteiger charge is 2.39. The minimum Gasteiger partial charge on any atom is -0.497 e. The number of ether oxygens (including phenoxy) is 2. The van der Waals surface area contributed by atoms with Gasteiger partial charge in [-0.1, -0.05) is 42.5 Å². The summed E-state index contributed by atoms with van der Waals surface area (Å²) in [6.45, 7) is 0. The lowest BCUT2D eigenvalue weighted by Crippen LogP contribution is -2.29. The molecule has 5 nitrogen and oxygen atoms in total. The first-order valence-corrected chi connectivity index (χ1v) is 9.76. The van der Waals surface area contributed by atoms with Crippen LogP contribution < -0.4 is 14.4 Å². The highest BCUT2D eigenvalue weighted by molar-refractivity contribution is 6.39. The van der Waals surface area contributed by atoms with E-state index in [9.17, 15) is 9.59 Å². The molecule has 0 N–H and O–H groups in total. The number of carbonyl (C=O) groups is 2. The Labute approximate surface area is 180 Å². The molecule has 31 heavy (non-hydrogen) atoms. The third kappa shape index (κ3) is 4.12. The molecule has 1 aliphatic heterocycles. The summed E-state index contributed by atoms with van der Waals surface area (Å²) in [6, 6.07) is 23.6. The fourth-order valence-electron chi connectivity index (χ4n) is 3.39. The summed E-state index contributed by atoms with van der Waals surface area (Å²) in [4.78, 5) is 27.8. The molecule has 0 atom stereocenters. The number of para-hydroxylation sites is 1. The predicted molar refractivity (Wildman–Crippen MR) is 121 cm³/mol. The van der Waals surface area contributed by atoms with Gasteiger partial charge >= 0.3 is 0 Å². The van der Waals surface area contributed by atoms with Gasteiger partial charge in [-0.15, -0.1) is 0 Å². The molecular weight excluding hydrogens is 390 g/mol. The smallest absolute Gasteiger partial charge is 0.266 e. The highest BCUT2D eigenvalue weighted by Crippen LogP contribution is 2.33. The molecule has 0 aromatic heterocycles. The summed E-state index contributed by atoms with van der Waals surface area (Å²) in [5.74, 6) is 0.727. The zero-order valence-electron chi connectivity index (χ0n) is 17.2. The molecule has 5 heteroatoms. The number of hydrogen-bond donors (Lipinski definition) is 0. The largest absolute Gasteiger partial charge is 0.497 e. The van der Waals surface area contributed by atoms with Crippen LogP contribution in [0.25, 0.3) is 12.2 Å². The van der Waals surface area contributed by atoms with Gasteiger partial charge in [0.25, 0.3) is 11.8 Å². The number of benzene rings is 3. The van der Waals surface area contributed by atoms with Gasteiger partial charge in [-0.05, 0) is 59.7 Å². The molecule has 154 valence electrons. The van der Waals surface area contributed by atoms with Gasteiger partial charge in [-0.25, -0.2) is 4.90 Å². The average Bonchev–Trinajstić information content (AvgIpc) is 3.04. The van der Waals surface area contributed by atoms with E-state index >= 15 is 0 Å². The summed E-state index contributed by atoms with van der Waals surface area (Å²) < 4.78 is 10.4. The molecule has 1 heterocycles. The highest BCUT2D eigenvalue weighted by atomic mass is 16.5. The second-order valence-corrected chi connectivity index (χ2v) is 6.94. The van der Waals surface area contributed by atoms with Crippen LogP contribution >= 0.6 is 0 Å². The first-order chi connectivity index (χ1) is 15.1. The summed E-state index contributed by atoms with van der Waals surface area (Å²) in [5.41, 5.74) is 2.82. The van der Waals surface area contributed by atoms with Gasteiger partial charge in [0.15, 0.2) is 0 Å². The summed E-state index contributed by atoms with van der Waals surface area (Å²) in [5, 5.41) is 0. The van der Waals surface area contributed by atoms with Crippen LogP contribution in [0, 0.1) is 0 Å². The molecule has 4 rings (SSSR count). The van der Waals surface area contributed by atoms with Gasteiger partial charge in [0.2, 0.25) is 0 Å². The fraction of sp³-hybridized carbons (Fsp3) is 0.0769. The third-order valence-electron chi connectivity index (χ3n) is 5.03. The van der Waals surface area contributed by atoms with Crippen molar-refractivity contribution in [1.29, 1.82) is 0 Å². The zero-order valence-corrected chi connectivity index (χ0v) is 17.2. The molecule has 3 aromatic rings. The molecule has 0 unspecified atom stereocenters. The molecular formula is C26H21NO4. The minimum absolute atomic E-state index is 0.342. The zero-order chi connectivity index (χ0) is 21.8. The van der Waals surface area contributed by atoms with Crippen molar-refractivity contribution in [2.24, 2.45) is 0 Å². The molecule has 0 aliphatic carbocycles. The number of amides is 2. The fourth-order valence-corrected chi connectivity index (χ4v) is 3.39. The van der Waals surface area contributed by atoms with E-state index in [1.807, 2.05) is 54.6 Å². The van der Waals surface area contributed by atoms with Crippen LogP contribution in [0.5, 0.6) is 11.5 Å². The van der Waals surface area contributed by atoms with E-state index in [0.717, 1.165) is 22.6 Å². The van der Waals surface area contributed by atoms with E-state index in [1.54, 1.807) is 50.6 Å². The maximum atomic E-state index is 13.3. The van der Waals surface area contributed by atoms with Crippen LogP contribution in [0.1, 0.15) is 11.1 Å². The van der Waals surface area contributed by atoms with Crippen molar-refractivity contribution < 1.29 is 19.1 Å². The van der Waals surface area contributed by atoms with Crippen LogP contribution in [-0.4, -0.2) is 26.0 Å². The monoisotopic (exact) mass is 411 g/mol. The van der Waals surface area contributed by atoms with Crippen molar-refractivity contribution >= 4 is 29.7 Å².